The van der Waals surface area contributed by atoms with Crippen molar-refractivity contribution in [2.24, 2.45) is 0 Å². The van der Waals surface area contributed by atoms with Gasteiger partial charge < -0.3 is 5.11 Å². The predicted octanol–water partition coefficient (Wildman–Crippen LogP) is 4.08. The van der Waals surface area contributed by atoms with E-state index in [0.29, 0.717) is 5.56 Å². The van der Waals surface area contributed by atoms with E-state index in [4.69, 9.17) is 0 Å². The second-order valence-electron chi connectivity index (χ2n) is 3.86. The lowest BCUT2D eigenvalue weighted by Gasteiger charge is -2.10. The minimum absolute atomic E-state index is 0.0616. The maximum absolute atomic E-state index is 12.5. The van der Waals surface area contributed by atoms with Gasteiger partial charge in [-0.15, -0.1) is 11.3 Å². The highest BCUT2D eigenvalue weighted by Crippen LogP contribution is 2.28. The largest absolute Gasteiger partial charge is 0.384 e. The van der Waals surface area contributed by atoms with Crippen molar-refractivity contribution in [1.29, 1.82) is 0 Å². The first-order valence-electron chi connectivity index (χ1n) is 5.19. The van der Waals surface area contributed by atoms with Gasteiger partial charge in [-0.1, -0.05) is 18.2 Å². The summed E-state index contributed by atoms with van der Waals surface area (Å²) in [4.78, 5) is 1.09. The fraction of sp³-hybridized carbons (Fsp3) is 0.231. The molecule has 1 aromatic heterocycles. The topological polar surface area (TPSA) is 20.2 Å². The number of halogens is 2. The summed E-state index contributed by atoms with van der Waals surface area (Å²) < 4.78 is 25.1. The molecule has 1 N–H and O–H groups in total. The first-order valence-corrected chi connectivity index (χ1v) is 6.07. The van der Waals surface area contributed by atoms with E-state index >= 15 is 0 Å². The Hall–Kier alpha value is -1.26. The van der Waals surface area contributed by atoms with Crippen LogP contribution >= 0.6 is 11.3 Å². The van der Waals surface area contributed by atoms with Crippen LogP contribution in [-0.2, 0) is 0 Å². The molecule has 0 spiro atoms. The second kappa shape index (κ2) is 4.94. The van der Waals surface area contributed by atoms with Crippen molar-refractivity contribution in [3.8, 4) is 0 Å². The zero-order valence-corrected chi connectivity index (χ0v) is 10.0. The van der Waals surface area contributed by atoms with Gasteiger partial charge in [0.05, 0.1) is 0 Å². The number of aryl methyl sites for hydroxylation is 1. The van der Waals surface area contributed by atoms with Gasteiger partial charge in [0.2, 0.25) is 0 Å². The Balaban J connectivity index is 2.30. The predicted molar refractivity (Wildman–Crippen MR) is 64.5 cm³/mol. The van der Waals surface area contributed by atoms with Crippen LogP contribution < -0.4 is 0 Å². The molecule has 0 aliphatic rings. The fourth-order valence-corrected chi connectivity index (χ4v) is 2.39. The molecule has 0 fully saturated rings. The molecule has 0 amide bonds. The van der Waals surface area contributed by atoms with Crippen LogP contribution in [0.25, 0.3) is 0 Å². The van der Waals surface area contributed by atoms with Crippen LogP contribution in [0.15, 0.2) is 35.7 Å². The first-order chi connectivity index (χ1) is 8.08. The zero-order valence-electron chi connectivity index (χ0n) is 9.23. The van der Waals surface area contributed by atoms with Crippen molar-refractivity contribution >= 4 is 11.3 Å². The van der Waals surface area contributed by atoms with Crippen LogP contribution in [-0.4, -0.2) is 5.11 Å². The quantitative estimate of drug-likeness (QED) is 0.875. The molecule has 0 bridgehead atoms. The van der Waals surface area contributed by atoms with Crippen LogP contribution in [0.4, 0.5) is 8.78 Å². The zero-order chi connectivity index (χ0) is 12.4. The standard InChI is InChI=1S/C13H12F2OS/c1-8-5-11(7-17-8)12(16)9-3-2-4-10(6-9)13(14)15/h2-7,12-13,16H,1H3. The molecule has 0 radical (unpaired) electrons. The summed E-state index contributed by atoms with van der Waals surface area (Å²) in [6, 6.07) is 7.77. The van der Waals surface area contributed by atoms with Gasteiger partial charge in [0.1, 0.15) is 6.10 Å². The number of alkyl halides is 2. The van der Waals surface area contributed by atoms with E-state index in [0.717, 1.165) is 10.4 Å². The molecule has 1 nitrogen and oxygen atoms in total. The molecular formula is C13H12F2OS. The molecular weight excluding hydrogens is 242 g/mol. The van der Waals surface area contributed by atoms with E-state index in [2.05, 4.69) is 0 Å². The molecule has 90 valence electrons. The van der Waals surface area contributed by atoms with Crippen molar-refractivity contribution in [2.45, 2.75) is 19.5 Å². The molecule has 2 aromatic rings. The monoisotopic (exact) mass is 254 g/mol. The summed E-state index contributed by atoms with van der Waals surface area (Å²) in [7, 11) is 0. The van der Waals surface area contributed by atoms with Crippen molar-refractivity contribution in [1.82, 2.24) is 0 Å². The van der Waals surface area contributed by atoms with Gasteiger partial charge in [0.25, 0.3) is 6.43 Å². The summed E-state index contributed by atoms with van der Waals surface area (Å²) in [6.07, 6.45) is -3.34. The van der Waals surface area contributed by atoms with Crippen LogP contribution in [0.2, 0.25) is 0 Å². The molecule has 1 heterocycles. The minimum atomic E-state index is -2.51. The third-order valence-corrected chi connectivity index (χ3v) is 3.42. The normalized spacial score (nSPS) is 13.0. The Bertz CT molecular complexity index is 508. The van der Waals surface area contributed by atoms with Gasteiger partial charge in [0.15, 0.2) is 0 Å². The second-order valence-corrected chi connectivity index (χ2v) is 4.98. The smallest absolute Gasteiger partial charge is 0.263 e. The number of thiophene rings is 1. The van der Waals surface area contributed by atoms with Crippen LogP contribution in [0.5, 0.6) is 0 Å². The highest BCUT2D eigenvalue weighted by molar-refractivity contribution is 7.10. The lowest BCUT2D eigenvalue weighted by molar-refractivity contribution is 0.150. The lowest BCUT2D eigenvalue weighted by atomic mass is 10.0. The number of rotatable bonds is 3. The average molecular weight is 254 g/mol. The van der Waals surface area contributed by atoms with E-state index < -0.39 is 12.5 Å². The molecule has 17 heavy (non-hydrogen) atoms. The van der Waals surface area contributed by atoms with Gasteiger partial charge in [-0.2, -0.15) is 0 Å². The molecule has 1 aromatic carbocycles. The van der Waals surface area contributed by atoms with Gasteiger partial charge in [-0.25, -0.2) is 8.78 Å². The highest BCUT2D eigenvalue weighted by atomic mass is 32.1. The summed E-state index contributed by atoms with van der Waals surface area (Å²) in [6.45, 7) is 1.94. The molecule has 0 aliphatic heterocycles. The van der Waals surface area contributed by atoms with Crippen molar-refractivity contribution in [3.63, 3.8) is 0 Å². The Morgan fingerprint density at radius 3 is 2.41 bits per heavy atom. The van der Waals surface area contributed by atoms with Crippen LogP contribution in [0.3, 0.4) is 0 Å². The molecule has 4 heteroatoms. The Morgan fingerprint density at radius 1 is 1.12 bits per heavy atom. The van der Waals surface area contributed by atoms with Crippen molar-refractivity contribution < 1.29 is 13.9 Å². The number of hydrogen-bond acceptors (Lipinski definition) is 2. The number of benzene rings is 1. The summed E-state index contributed by atoms with van der Waals surface area (Å²) in [5.41, 5.74) is 1.19. The lowest BCUT2D eigenvalue weighted by Crippen LogP contribution is -1.99. The summed E-state index contributed by atoms with van der Waals surface area (Å²) in [5.74, 6) is 0. The fourth-order valence-electron chi connectivity index (χ4n) is 1.66. The highest BCUT2D eigenvalue weighted by Gasteiger charge is 2.14. The Kier molecular flexibility index (Phi) is 3.54. The number of hydrogen-bond donors (Lipinski definition) is 1. The Labute approximate surface area is 102 Å². The SMILES string of the molecule is Cc1cc(C(O)c2cccc(C(F)F)c2)cs1. The third kappa shape index (κ3) is 2.70. The molecule has 0 saturated heterocycles. The van der Waals surface area contributed by atoms with Crippen molar-refractivity contribution in [2.75, 3.05) is 0 Å². The third-order valence-electron chi connectivity index (χ3n) is 2.54. The van der Waals surface area contributed by atoms with E-state index in [-0.39, 0.29) is 5.56 Å². The molecule has 2 rings (SSSR count). The first kappa shape index (κ1) is 12.2. The van der Waals surface area contributed by atoms with E-state index in [1.54, 1.807) is 12.1 Å². The van der Waals surface area contributed by atoms with E-state index in [1.807, 2.05) is 18.4 Å². The van der Waals surface area contributed by atoms with Gasteiger partial charge in [0, 0.05) is 10.4 Å². The average Bonchev–Trinajstić information content (AvgIpc) is 2.75. The number of aliphatic hydroxyl groups excluding tert-OH is 1. The van der Waals surface area contributed by atoms with Gasteiger partial charge in [-0.05, 0) is 35.6 Å². The maximum atomic E-state index is 12.5. The van der Waals surface area contributed by atoms with E-state index in [1.165, 1.54) is 23.5 Å². The van der Waals surface area contributed by atoms with Crippen molar-refractivity contribution in [3.05, 3.63) is 57.3 Å². The molecule has 0 aliphatic carbocycles. The minimum Gasteiger partial charge on any atom is -0.384 e. The maximum Gasteiger partial charge on any atom is 0.263 e. The molecule has 1 atom stereocenters. The molecule has 0 saturated carbocycles. The molecule has 1 unspecified atom stereocenters. The number of aliphatic hydroxyl groups is 1. The van der Waals surface area contributed by atoms with Crippen LogP contribution in [0, 0.1) is 6.92 Å². The van der Waals surface area contributed by atoms with Gasteiger partial charge >= 0.3 is 0 Å². The van der Waals surface area contributed by atoms with Crippen LogP contribution in [0.1, 0.15) is 34.1 Å². The van der Waals surface area contributed by atoms with Gasteiger partial charge in [-0.3, -0.25) is 0 Å². The van der Waals surface area contributed by atoms with E-state index in [9.17, 15) is 13.9 Å². The Morgan fingerprint density at radius 2 is 1.82 bits per heavy atom. The summed E-state index contributed by atoms with van der Waals surface area (Å²) >= 11 is 1.53. The summed E-state index contributed by atoms with van der Waals surface area (Å²) in [5, 5.41) is 11.9.